The van der Waals surface area contributed by atoms with Crippen LogP contribution < -0.4 is 14.2 Å². The number of halogens is 1. The summed E-state index contributed by atoms with van der Waals surface area (Å²) in [6, 6.07) is 20.4. The molecule has 180 valence electrons. The van der Waals surface area contributed by atoms with Crippen molar-refractivity contribution >= 4 is 40.6 Å². The van der Waals surface area contributed by atoms with Gasteiger partial charge in [-0.1, -0.05) is 48.0 Å². The Kier molecular flexibility index (Phi) is 8.00. The highest BCUT2D eigenvalue weighted by molar-refractivity contribution is 8.18. The summed E-state index contributed by atoms with van der Waals surface area (Å²) in [4.78, 5) is 27.0. The minimum Gasteiger partial charge on any atom is -0.493 e. The monoisotopic (exact) mass is 509 g/mol. The number of benzene rings is 3. The molecule has 0 aliphatic carbocycles. The van der Waals surface area contributed by atoms with Gasteiger partial charge in [0, 0.05) is 10.6 Å². The van der Waals surface area contributed by atoms with Crippen molar-refractivity contribution in [1.82, 2.24) is 4.90 Å². The van der Waals surface area contributed by atoms with Crippen LogP contribution in [0.5, 0.6) is 17.2 Å². The summed E-state index contributed by atoms with van der Waals surface area (Å²) in [5.41, 5.74) is 2.60. The number of methoxy groups -OCH3 is 1. The van der Waals surface area contributed by atoms with Gasteiger partial charge in [-0.25, -0.2) is 0 Å². The summed E-state index contributed by atoms with van der Waals surface area (Å²) in [7, 11) is 1.55. The van der Waals surface area contributed by atoms with Crippen molar-refractivity contribution in [3.05, 3.63) is 93.3 Å². The van der Waals surface area contributed by atoms with E-state index in [2.05, 4.69) is 0 Å². The smallest absolute Gasteiger partial charge is 0.293 e. The summed E-state index contributed by atoms with van der Waals surface area (Å²) in [5, 5.41) is 0.282. The summed E-state index contributed by atoms with van der Waals surface area (Å²) < 4.78 is 17.2. The molecule has 0 spiro atoms. The maximum atomic E-state index is 13.0. The van der Waals surface area contributed by atoms with E-state index in [9.17, 15) is 9.59 Å². The molecular weight excluding hydrogens is 486 g/mol. The van der Waals surface area contributed by atoms with Crippen LogP contribution in [0.1, 0.15) is 16.7 Å². The number of hydrogen-bond acceptors (Lipinski definition) is 6. The van der Waals surface area contributed by atoms with Crippen molar-refractivity contribution in [1.29, 1.82) is 0 Å². The second kappa shape index (κ2) is 11.3. The molecule has 3 aromatic rings. The van der Waals surface area contributed by atoms with Gasteiger partial charge in [-0.15, -0.1) is 0 Å². The number of ether oxygens (including phenoxy) is 3. The van der Waals surface area contributed by atoms with Crippen LogP contribution in [0.25, 0.3) is 6.08 Å². The first-order chi connectivity index (χ1) is 16.9. The Bertz CT molecular complexity index is 1280. The van der Waals surface area contributed by atoms with Gasteiger partial charge in [-0.05, 0) is 66.2 Å². The Balaban J connectivity index is 1.48. The van der Waals surface area contributed by atoms with Gasteiger partial charge in [0.2, 0.25) is 0 Å². The molecule has 35 heavy (non-hydrogen) atoms. The molecule has 1 heterocycles. The summed E-state index contributed by atoms with van der Waals surface area (Å²) in [6.45, 7) is 2.60. The van der Waals surface area contributed by atoms with E-state index in [0.717, 1.165) is 22.9 Å². The van der Waals surface area contributed by atoms with Gasteiger partial charge in [0.05, 0.1) is 18.6 Å². The first-order valence-corrected chi connectivity index (χ1v) is 12.1. The van der Waals surface area contributed by atoms with E-state index < -0.39 is 0 Å². The van der Waals surface area contributed by atoms with Crippen LogP contribution in [0.2, 0.25) is 5.02 Å². The lowest BCUT2D eigenvalue weighted by Crippen LogP contribution is -2.32. The predicted molar refractivity (Wildman–Crippen MR) is 138 cm³/mol. The fraction of sp³-hybridized carbons (Fsp3) is 0.185. The highest BCUT2D eigenvalue weighted by Gasteiger charge is 2.35. The molecule has 1 fully saturated rings. The fourth-order valence-corrected chi connectivity index (χ4v) is 4.61. The van der Waals surface area contributed by atoms with Crippen LogP contribution in [-0.2, 0) is 11.4 Å². The average molecular weight is 510 g/mol. The van der Waals surface area contributed by atoms with Crippen molar-refractivity contribution in [2.75, 3.05) is 20.3 Å². The molecule has 0 radical (unpaired) electrons. The molecule has 0 N–H and O–H groups in total. The molecule has 1 saturated heterocycles. The lowest BCUT2D eigenvalue weighted by Gasteiger charge is -2.14. The summed E-state index contributed by atoms with van der Waals surface area (Å²) in [6.07, 6.45) is 1.65. The van der Waals surface area contributed by atoms with Crippen molar-refractivity contribution in [2.45, 2.75) is 13.5 Å². The van der Waals surface area contributed by atoms with Crippen molar-refractivity contribution in [3.63, 3.8) is 0 Å². The number of nitrogens with zero attached hydrogens (tertiary/aromatic N) is 1. The molecule has 3 aromatic carbocycles. The SMILES string of the molecule is COc1cccc(/C=C2\SC(=O)N(CCOc3cccc(C)c3)C2=O)c1OCc1cccc(Cl)c1. The molecule has 8 heteroatoms. The zero-order valence-electron chi connectivity index (χ0n) is 19.3. The highest BCUT2D eigenvalue weighted by Crippen LogP contribution is 2.37. The fourth-order valence-electron chi connectivity index (χ4n) is 3.54. The van der Waals surface area contributed by atoms with Crippen LogP contribution in [0.15, 0.2) is 71.6 Å². The number of carbonyl (C=O) groups excluding carboxylic acids is 2. The topological polar surface area (TPSA) is 65.1 Å². The molecule has 0 bridgehead atoms. The van der Waals surface area contributed by atoms with Gasteiger partial charge < -0.3 is 14.2 Å². The molecular formula is C27H24ClNO5S. The van der Waals surface area contributed by atoms with Crippen LogP contribution >= 0.6 is 23.4 Å². The standard InChI is InChI=1S/C27H24ClNO5S/c1-18-6-3-10-22(14-18)33-13-12-29-26(30)24(35-27(29)31)16-20-8-5-11-23(32-2)25(20)34-17-19-7-4-9-21(28)15-19/h3-11,14-16H,12-13,17H2,1-2H3/b24-16-. The number of amides is 2. The van der Waals surface area contributed by atoms with Gasteiger partial charge in [-0.2, -0.15) is 0 Å². The number of thioether (sulfide) groups is 1. The Morgan fingerprint density at radius 2 is 1.80 bits per heavy atom. The molecule has 0 aromatic heterocycles. The number of carbonyl (C=O) groups is 2. The third-order valence-corrected chi connectivity index (χ3v) is 6.38. The van der Waals surface area contributed by atoms with Gasteiger partial charge in [0.1, 0.15) is 19.0 Å². The molecule has 1 aliphatic heterocycles. The van der Waals surface area contributed by atoms with Crippen molar-refractivity contribution in [2.24, 2.45) is 0 Å². The minimum absolute atomic E-state index is 0.159. The molecule has 1 aliphatic rings. The largest absolute Gasteiger partial charge is 0.493 e. The van der Waals surface area contributed by atoms with Crippen LogP contribution in [-0.4, -0.2) is 36.3 Å². The number of rotatable bonds is 9. The van der Waals surface area contributed by atoms with Crippen LogP contribution in [0.4, 0.5) is 4.79 Å². The van der Waals surface area contributed by atoms with Gasteiger partial charge in [0.15, 0.2) is 11.5 Å². The molecule has 6 nitrogen and oxygen atoms in total. The lowest BCUT2D eigenvalue weighted by atomic mass is 10.1. The van der Waals surface area contributed by atoms with Crippen LogP contribution in [0.3, 0.4) is 0 Å². The van der Waals surface area contributed by atoms with E-state index in [4.69, 9.17) is 25.8 Å². The second-order valence-electron chi connectivity index (χ2n) is 7.80. The van der Waals surface area contributed by atoms with Crippen molar-refractivity contribution < 1.29 is 23.8 Å². The highest BCUT2D eigenvalue weighted by atomic mass is 35.5. The number of imide groups is 1. The lowest BCUT2D eigenvalue weighted by molar-refractivity contribution is -0.123. The molecule has 0 saturated carbocycles. The Hall–Kier alpha value is -3.42. The minimum atomic E-state index is -0.364. The first kappa shape index (κ1) is 24.7. The second-order valence-corrected chi connectivity index (χ2v) is 9.23. The van der Waals surface area contributed by atoms with Gasteiger partial charge in [0.25, 0.3) is 11.1 Å². The van der Waals surface area contributed by atoms with E-state index in [1.165, 1.54) is 4.90 Å². The maximum absolute atomic E-state index is 13.0. The normalized spacial score (nSPS) is 14.5. The molecule has 4 rings (SSSR count). The third-order valence-electron chi connectivity index (χ3n) is 5.23. The Morgan fingerprint density at radius 1 is 1.00 bits per heavy atom. The summed E-state index contributed by atoms with van der Waals surface area (Å²) in [5.74, 6) is 1.33. The Morgan fingerprint density at radius 3 is 2.57 bits per heavy atom. The molecule has 0 unspecified atom stereocenters. The third kappa shape index (κ3) is 6.18. The van der Waals surface area contributed by atoms with Gasteiger partial charge >= 0.3 is 0 Å². The maximum Gasteiger partial charge on any atom is 0.293 e. The van der Waals surface area contributed by atoms with Crippen LogP contribution in [0, 0.1) is 6.92 Å². The zero-order valence-corrected chi connectivity index (χ0v) is 20.9. The van der Waals surface area contributed by atoms with E-state index in [0.29, 0.717) is 32.7 Å². The molecule has 2 amide bonds. The molecule has 0 atom stereocenters. The quantitative estimate of drug-likeness (QED) is 0.313. The van der Waals surface area contributed by atoms with E-state index >= 15 is 0 Å². The predicted octanol–water partition coefficient (Wildman–Crippen LogP) is 6.35. The summed E-state index contributed by atoms with van der Waals surface area (Å²) >= 11 is 6.97. The average Bonchev–Trinajstić information content (AvgIpc) is 3.10. The first-order valence-electron chi connectivity index (χ1n) is 10.9. The van der Waals surface area contributed by atoms with E-state index in [1.807, 2.05) is 55.5 Å². The number of aryl methyl sites for hydroxylation is 1. The van der Waals surface area contributed by atoms with E-state index in [1.54, 1.807) is 31.4 Å². The number of para-hydroxylation sites is 1. The number of hydrogen-bond donors (Lipinski definition) is 0. The zero-order chi connectivity index (χ0) is 24.8. The van der Waals surface area contributed by atoms with Gasteiger partial charge in [-0.3, -0.25) is 14.5 Å². The van der Waals surface area contributed by atoms with Crippen molar-refractivity contribution in [3.8, 4) is 17.2 Å². The van der Waals surface area contributed by atoms with E-state index in [-0.39, 0.29) is 30.9 Å². The Labute approximate surface area is 213 Å².